The first-order chi connectivity index (χ1) is 10.4. The monoisotopic (exact) mass is 302 g/mol. The number of Topliss-reactive ketones (excluding diaryl/α,β-unsaturated/α-hetero) is 1. The molecule has 5 nitrogen and oxygen atoms in total. The van der Waals surface area contributed by atoms with Crippen molar-refractivity contribution >= 4 is 23.5 Å². The van der Waals surface area contributed by atoms with E-state index in [2.05, 4.69) is 0 Å². The predicted octanol–water partition coefficient (Wildman–Crippen LogP) is 2.60. The number of hydrogen-bond donors (Lipinski definition) is 0. The summed E-state index contributed by atoms with van der Waals surface area (Å²) >= 11 is 0. The average molecular weight is 302 g/mol. The van der Waals surface area contributed by atoms with E-state index in [9.17, 15) is 14.4 Å². The van der Waals surface area contributed by atoms with Crippen molar-refractivity contribution < 1.29 is 23.9 Å². The van der Waals surface area contributed by atoms with E-state index < -0.39 is 11.9 Å². The Balaban J connectivity index is 2.48. The van der Waals surface area contributed by atoms with Crippen LogP contribution >= 0.6 is 0 Å². The second-order valence-electron chi connectivity index (χ2n) is 5.27. The second kappa shape index (κ2) is 6.56. The molecule has 116 valence electrons. The fourth-order valence-electron chi connectivity index (χ4n) is 2.66. The molecule has 2 rings (SSSR count). The Morgan fingerprint density at radius 1 is 1.05 bits per heavy atom. The summed E-state index contributed by atoms with van der Waals surface area (Å²) in [5.41, 5.74) is 2.34. The summed E-state index contributed by atoms with van der Waals surface area (Å²) in [5.74, 6) is -0.692. The van der Waals surface area contributed by atoms with Crippen LogP contribution in [0.2, 0.25) is 0 Å². The molecule has 0 amide bonds. The molecule has 0 N–H and O–H groups in total. The maximum absolute atomic E-state index is 11.6. The topological polar surface area (TPSA) is 69.7 Å². The van der Waals surface area contributed by atoms with Gasteiger partial charge in [0.2, 0.25) is 0 Å². The summed E-state index contributed by atoms with van der Waals surface area (Å²) in [5, 5.41) is 0. The third kappa shape index (κ3) is 3.42. The van der Waals surface area contributed by atoms with Gasteiger partial charge in [-0.05, 0) is 12.5 Å². The molecule has 0 bridgehead atoms. The van der Waals surface area contributed by atoms with Crippen LogP contribution in [0.5, 0.6) is 0 Å². The van der Waals surface area contributed by atoms with Crippen LogP contribution in [0.3, 0.4) is 0 Å². The Labute approximate surface area is 128 Å². The van der Waals surface area contributed by atoms with Gasteiger partial charge in [-0.1, -0.05) is 24.3 Å². The Hall–Kier alpha value is -2.43. The van der Waals surface area contributed by atoms with Crippen LogP contribution in [0, 0.1) is 0 Å². The van der Waals surface area contributed by atoms with Crippen LogP contribution in [0.1, 0.15) is 44.2 Å². The Morgan fingerprint density at radius 3 is 2.32 bits per heavy atom. The van der Waals surface area contributed by atoms with E-state index in [1.807, 2.05) is 24.3 Å². The molecular weight excluding hydrogens is 284 g/mol. The molecule has 0 aromatic heterocycles. The van der Waals surface area contributed by atoms with Crippen molar-refractivity contribution in [2.75, 3.05) is 6.61 Å². The molecule has 1 aliphatic rings. The Morgan fingerprint density at radius 2 is 1.73 bits per heavy atom. The van der Waals surface area contributed by atoms with Crippen LogP contribution in [0.15, 0.2) is 29.8 Å². The van der Waals surface area contributed by atoms with E-state index in [-0.39, 0.29) is 24.7 Å². The maximum atomic E-state index is 11.6. The van der Waals surface area contributed by atoms with E-state index in [1.54, 1.807) is 0 Å². The van der Waals surface area contributed by atoms with Crippen molar-refractivity contribution in [1.29, 1.82) is 0 Å². The number of hydrogen-bond acceptors (Lipinski definition) is 5. The van der Waals surface area contributed by atoms with Gasteiger partial charge in [0.05, 0.1) is 0 Å². The summed E-state index contributed by atoms with van der Waals surface area (Å²) in [6, 6.07) is 7.43. The van der Waals surface area contributed by atoms with Gasteiger partial charge in [0.15, 0.2) is 0 Å². The van der Waals surface area contributed by atoms with Gasteiger partial charge in [0.1, 0.15) is 18.1 Å². The molecule has 1 unspecified atom stereocenters. The van der Waals surface area contributed by atoms with E-state index in [0.29, 0.717) is 11.3 Å². The summed E-state index contributed by atoms with van der Waals surface area (Å²) in [7, 11) is 0. The largest absolute Gasteiger partial charge is 0.461 e. The second-order valence-corrected chi connectivity index (χ2v) is 5.27. The van der Waals surface area contributed by atoms with E-state index in [0.717, 1.165) is 11.1 Å². The summed E-state index contributed by atoms with van der Waals surface area (Å²) < 4.78 is 10.4. The highest BCUT2D eigenvalue weighted by Gasteiger charge is 2.34. The highest BCUT2D eigenvalue weighted by Crippen LogP contribution is 2.44. The van der Waals surface area contributed by atoms with Gasteiger partial charge >= 0.3 is 11.9 Å². The molecule has 0 aliphatic heterocycles. The number of rotatable bonds is 5. The van der Waals surface area contributed by atoms with Crippen LogP contribution in [0.4, 0.5) is 0 Å². The summed E-state index contributed by atoms with van der Waals surface area (Å²) in [4.78, 5) is 34.1. The van der Waals surface area contributed by atoms with Crippen molar-refractivity contribution in [2.24, 2.45) is 0 Å². The number of carbonyl (C=O) groups is 3. The first-order valence-corrected chi connectivity index (χ1v) is 7.03. The Bertz CT molecular complexity index is 657. The molecule has 0 heterocycles. The molecule has 1 aliphatic carbocycles. The number of esters is 2. The minimum atomic E-state index is -0.450. The van der Waals surface area contributed by atoms with Crippen molar-refractivity contribution in [3.05, 3.63) is 41.0 Å². The standard InChI is InChI=1S/C17H18O5/c1-10(18)8-15-13-6-4-5-7-14(13)17(22-12(3)20)16(15)9-21-11(2)19/h4-7,15H,8-9H2,1-3H3. The minimum absolute atomic E-state index is 0.00454. The third-order valence-electron chi connectivity index (χ3n) is 3.46. The van der Waals surface area contributed by atoms with Gasteiger partial charge in [0.25, 0.3) is 0 Å². The molecular formula is C17H18O5. The fourth-order valence-corrected chi connectivity index (χ4v) is 2.66. The lowest BCUT2D eigenvalue weighted by Gasteiger charge is -2.15. The van der Waals surface area contributed by atoms with Gasteiger partial charge in [0, 0.05) is 37.3 Å². The highest BCUT2D eigenvalue weighted by molar-refractivity contribution is 5.85. The lowest BCUT2D eigenvalue weighted by molar-refractivity contribution is -0.140. The zero-order chi connectivity index (χ0) is 16.3. The van der Waals surface area contributed by atoms with E-state index >= 15 is 0 Å². The van der Waals surface area contributed by atoms with Crippen molar-refractivity contribution in [3.8, 4) is 0 Å². The molecule has 1 aromatic rings. The van der Waals surface area contributed by atoms with Crippen LogP contribution in [-0.4, -0.2) is 24.3 Å². The molecule has 22 heavy (non-hydrogen) atoms. The van der Waals surface area contributed by atoms with Gasteiger partial charge in [-0.3, -0.25) is 14.4 Å². The molecule has 0 spiro atoms. The number of benzene rings is 1. The summed E-state index contributed by atoms with van der Waals surface area (Å²) in [6.45, 7) is 4.14. The quantitative estimate of drug-likeness (QED) is 0.782. The summed E-state index contributed by atoms with van der Waals surface area (Å²) in [6.07, 6.45) is 0.276. The van der Waals surface area contributed by atoms with Crippen molar-refractivity contribution in [2.45, 2.75) is 33.1 Å². The van der Waals surface area contributed by atoms with Gasteiger partial charge < -0.3 is 9.47 Å². The van der Waals surface area contributed by atoms with Gasteiger partial charge in [-0.2, -0.15) is 0 Å². The van der Waals surface area contributed by atoms with Crippen molar-refractivity contribution in [1.82, 2.24) is 0 Å². The lowest BCUT2D eigenvalue weighted by Crippen LogP contribution is -2.12. The number of ketones is 1. The fraction of sp³-hybridized carbons (Fsp3) is 0.353. The molecule has 0 radical (unpaired) electrons. The van der Waals surface area contributed by atoms with Gasteiger partial charge in [-0.15, -0.1) is 0 Å². The Kier molecular flexibility index (Phi) is 4.75. The third-order valence-corrected chi connectivity index (χ3v) is 3.46. The smallest absolute Gasteiger partial charge is 0.308 e. The SMILES string of the molecule is CC(=O)CC1C(COC(C)=O)=C(OC(C)=O)c2ccccc21. The van der Waals surface area contributed by atoms with Crippen LogP contribution < -0.4 is 0 Å². The number of carbonyl (C=O) groups excluding carboxylic acids is 3. The zero-order valence-corrected chi connectivity index (χ0v) is 12.8. The van der Waals surface area contributed by atoms with Crippen molar-refractivity contribution in [3.63, 3.8) is 0 Å². The molecule has 5 heteroatoms. The minimum Gasteiger partial charge on any atom is -0.461 e. The predicted molar refractivity (Wildman–Crippen MR) is 79.8 cm³/mol. The van der Waals surface area contributed by atoms with Crippen LogP contribution in [-0.2, 0) is 23.9 Å². The molecule has 0 fully saturated rings. The number of fused-ring (bicyclic) bond motifs is 1. The van der Waals surface area contributed by atoms with E-state index in [1.165, 1.54) is 20.8 Å². The van der Waals surface area contributed by atoms with Gasteiger partial charge in [-0.25, -0.2) is 0 Å². The molecule has 0 saturated heterocycles. The molecule has 0 saturated carbocycles. The molecule has 1 atom stereocenters. The average Bonchev–Trinajstić information content (AvgIpc) is 2.70. The number of ether oxygens (including phenoxy) is 2. The zero-order valence-electron chi connectivity index (χ0n) is 12.8. The van der Waals surface area contributed by atoms with Crippen LogP contribution in [0.25, 0.3) is 5.76 Å². The lowest BCUT2D eigenvalue weighted by atomic mass is 9.91. The van der Waals surface area contributed by atoms with E-state index in [4.69, 9.17) is 9.47 Å². The maximum Gasteiger partial charge on any atom is 0.308 e. The molecule has 1 aromatic carbocycles. The first kappa shape index (κ1) is 15.9. The normalized spacial score (nSPS) is 16.2. The highest BCUT2D eigenvalue weighted by atomic mass is 16.5. The first-order valence-electron chi connectivity index (χ1n) is 7.03.